The molecule has 2 aromatic carbocycles. The first kappa shape index (κ1) is 25.3. The average molecular weight is 535 g/mol. The fraction of sp³-hybridized carbons (Fsp3) is 0.333. The maximum Gasteiger partial charge on any atom is 0.194 e. The maximum absolute atomic E-state index is 13.7. The molecule has 0 unspecified atom stereocenters. The first-order valence-corrected chi connectivity index (χ1v) is 11.7. The molecular weight excluding hydrogens is 513 g/mol. The van der Waals surface area contributed by atoms with Crippen molar-refractivity contribution >= 4 is 11.6 Å². The third-order valence-corrected chi connectivity index (χ3v) is 6.57. The molecule has 194 valence electrons. The molecule has 1 aliphatic heterocycles. The van der Waals surface area contributed by atoms with E-state index in [4.69, 9.17) is 16.3 Å². The number of aliphatic hydroxyl groups is 2. The van der Waals surface area contributed by atoms with Crippen LogP contribution in [0.2, 0.25) is 5.02 Å². The highest BCUT2D eigenvalue weighted by atomic mass is 35.5. The van der Waals surface area contributed by atoms with Crippen molar-refractivity contribution < 1.29 is 28.1 Å². The number of hydrogen-bond acceptors (Lipinski definition) is 7. The lowest BCUT2D eigenvalue weighted by Crippen LogP contribution is -2.51. The normalized spacial score (nSPS) is 24.0. The Balaban J connectivity index is 1.53. The minimum atomic E-state index is -1.60. The predicted octanol–water partition coefficient (Wildman–Crippen LogP) is 3.64. The van der Waals surface area contributed by atoms with Crippen LogP contribution in [0.4, 0.5) is 13.2 Å². The van der Waals surface area contributed by atoms with Crippen LogP contribution >= 0.6 is 11.6 Å². The van der Waals surface area contributed by atoms with Crippen LogP contribution in [0.15, 0.2) is 36.5 Å². The second-order valence-electron chi connectivity index (χ2n) is 8.93. The monoisotopic (exact) mass is 534 g/mol. The van der Waals surface area contributed by atoms with E-state index in [0.29, 0.717) is 16.5 Å². The summed E-state index contributed by atoms with van der Waals surface area (Å²) in [7, 11) is 0. The van der Waals surface area contributed by atoms with Gasteiger partial charge in [-0.15, -0.1) is 5.10 Å². The number of nitrogens with zero attached hydrogens (tertiary/aromatic N) is 6. The molecule has 2 aromatic heterocycles. The van der Waals surface area contributed by atoms with Crippen molar-refractivity contribution in [2.24, 2.45) is 0 Å². The predicted molar refractivity (Wildman–Crippen MR) is 126 cm³/mol. The summed E-state index contributed by atoms with van der Waals surface area (Å²) in [5, 5.41) is 35.1. The molecule has 1 aliphatic rings. The summed E-state index contributed by atoms with van der Waals surface area (Å²) in [6.07, 6.45) is -3.14. The topological polar surface area (TPSA) is 111 Å². The number of aromatic nitrogens is 6. The Hall–Kier alpha value is -3.32. The second-order valence-corrected chi connectivity index (χ2v) is 9.37. The highest BCUT2D eigenvalue weighted by Gasteiger charge is 2.47. The molecule has 1 saturated heterocycles. The summed E-state index contributed by atoms with van der Waals surface area (Å²) in [5.41, 5.74) is 1.44. The van der Waals surface area contributed by atoms with Crippen molar-refractivity contribution in [3.63, 3.8) is 0 Å². The van der Waals surface area contributed by atoms with Gasteiger partial charge in [0.2, 0.25) is 0 Å². The maximum atomic E-state index is 13.7. The van der Waals surface area contributed by atoms with Gasteiger partial charge < -0.3 is 14.9 Å². The molecule has 9 nitrogen and oxygen atoms in total. The molecule has 0 radical (unpaired) electrons. The van der Waals surface area contributed by atoms with Gasteiger partial charge in [-0.1, -0.05) is 22.9 Å². The molecule has 1 fully saturated rings. The lowest BCUT2D eigenvalue weighted by molar-refractivity contribution is -0.196. The summed E-state index contributed by atoms with van der Waals surface area (Å²) in [6.45, 7) is 5.19. The van der Waals surface area contributed by atoms with Gasteiger partial charge in [-0.2, -0.15) is 5.10 Å². The highest BCUT2D eigenvalue weighted by molar-refractivity contribution is 6.30. The van der Waals surface area contributed by atoms with Crippen molar-refractivity contribution in [2.45, 2.75) is 51.2 Å². The second kappa shape index (κ2) is 9.53. The minimum absolute atomic E-state index is 0.0152. The summed E-state index contributed by atoms with van der Waals surface area (Å²) < 4.78 is 49.6. The number of aryl methyl sites for hydroxylation is 2. The van der Waals surface area contributed by atoms with Crippen molar-refractivity contribution in [2.75, 3.05) is 0 Å². The van der Waals surface area contributed by atoms with Gasteiger partial charge in [-0.05, 0) is 50.6 Å². The number of halogens is 4. The van der Waals surface area contributed by atoms with E-state index in [0.717, 1.165) is 17.7 Å². The van der Waals surface area contributed by atoms with Crippen molar-refractivity contribution in [3.8, 4) is 16.9 Å². The summed E-state index contributed by atoms with van der Waals surface area (Å²) >= 11 is 6.21. The first-order chi connectivity index (χ1) is 17.5. The molecule has 13 heteroatoms. The van der Waals surface area contributed by atoms with Crippen LogP contribution in [-0.2, 0) is 4.74 Å². The van der Waals surface area contributed by atoms with Crippen molar-refractivity contribution in [3.05, 3.63) is 76.2 Å². The molecule has 0 aliphatic carbocycles. The highest BCUT2D eigenvalue weighted by Crippen LogP contribution is 2.39. The summed E-state index contributed by atoms with van der Waals surface area (Å²) in [4.78, 5) is 4.48. The Morgan fingerprint density at radius 1 is 1.03 bits per heavy atom. The lowest BCUT2D eigenvalue weighted by Gasteiger charge is -2.41. The number of aliphatic hydroxyl groups excluding tert-OH is 2. The Bertz CT molecular complexity index is 1450. The lowest BCUT2D eigenvalue weighted by atomic mass is 9.92. The van der Waals surface area contributed by atoms with Gasteiger partial charge in [0, 0.05) is 10.6 Å². The Morgan fingerprint density at radius 3 is 2.43 bits per heavy atom. The zero-order valence-electron chi connectivity index (χ0n) is 19.8. The number of rotatable bonds is 4. The van der Waals surface area contributed by atoms with Crippen LogP contribution in [0.25, 0.3) is 16.9 Å². The van der Waals surface area contributed by atoms with E-state index in [2.05, 4.69) is 20.4 Å². The molecule has 37 heavy (non-hydrogen) atoms. The van der Waals surface area contributed by atoms with Crippen molar-refractivity contribution in [1.29, 1.82) is 0 Å². The molecular formula is C24H22ClF3N6O3. The Labute approximate surface area is 214 Å². The third-order valence-electron chi connectivity index (χ3n) is 6.34. The van der Waals surface area contributed by atoms with Gasteiger partial charge in [-0.25, -0.2) is 27.5 Å². The van der Waals surface area contributed by atoms with Gasteiger partial charge in [0.15, 0.2) is 23.3 Å². The fourth-order valence-electron chi connectivity index (χ4n) is 4.44. The largest absolute Gasteiger partial charge is 0.388 e. The van der Waals surface area contributed by atoms with E-state index in [1.54, 1.807) is 26.0 Å². The zero-order chi connectivity index (χ0) is 26.6. The van der Waals surface area contributed by atoms with Crippen LogP contribution in [0.1, 0.15) is 36.3 Å². The standard InChI is InChI=1S/C24H22ClF3N6O3/c1-10-4-5-14(25)8-18(10)34-24(29-12(3)31-34)23-22(36)20(21(35)11(2)37-23)33-9-17(30-32-33)13-6-15(26)19(28)16(27)7-13/h4-9,11,20-23,35-36H,1-3H3/t11-,20+,21+,22-,23-/m1/s1. The third kappa shape index (κ3) is 4.50. The zero-order valence-corrected chi connectivity index (χ0v) is 20.6. The van der Waals surface area contributed by atoms with Crippen LogP contribution < -0.4 is 0 Å². The van der Waals surface area contributed by atoms with Gasteiger partial charge in [0.25, 0.3) is 0 Å². The average Bonchev–Trinajstić information content (AvgIpc) is 3.48. The van der Waals surface area contributed by atoms with Gasteiger partial charge in [-0.3, -0.25) is 0 Å². The molecule has 2 N–H and O–H groups in total. The van der Waals surface area contributed by atoms with Gasteiger partial charge in [0.1, 0.15) is 35.9 Å². The summed E-state index contributed by atoms with van der Waals surface area (Å²) in [5.74, 6) is -3.66. The molecule has 4 aromatic rings. The van der Waals surface area contributed by atoms with Crippen LogP contribution in [0.3, 0.4) is 0 Å². The van der Waals surface area contributed by atoms with E-state index >= 15 is 0 Å². The van der Waals surface area contributed by atoms with Gasteiger partial charge >= 0.3 is 0 Å². The SMILES string of the molecule is Cc1nc([C@@H]2O[C@H](C)[C@H](O)[C@H](n3cc(-c4cc(F)c(F)c(F)c4)nn3)[C@H]2O)n(-c2cc(Cl)ccc2C)n1. The fourth-order valence-corrected chi connectivity index (χ4v) is 4.61. The van der Waals surface area contributed by atoms with E-state index < -0.39 is 47.9 Å². The van der Waals surface area contributed by atoms with E-state index in [1.807, 2.05) is 13.0 Å². The quantitative estimate of drug-likeness (QED) is 0.385. The van der Waals surface area contributed by atoms with Gasteiger partial charge in [0.05, 0.1) is 18.0 Å². The van der Waals surface area contributed by atoms with Crippen molar-refractivity contribution in [1.82, 2.24) is 29.8 Å². The number of hydrogen-bond donors (Lipinski definition) is 2. The first-order valence-electron chi connectivity index (χ1n) is 11.3. The smallest absolute Gasteiger partial charge is 0.194 e. The molecule has 3 heterocycles. The molecule has 0 saturated carbocycles. The molecule has 0 bridgehead atoms. The number of benzene rings is 2. The van der Waals surface area contributed by atoms with Crippen LogP contribution in [0.5, 0.6) is 0 Å². The van der Waals surface area contributed by atoms with E-state index in [-0.39, 0.29) is 17.1 Å². The van der Waals surface area contributed by atoms with Crippen LogP contribution in [-0.4, -0.2) is 58.3 Å². The Kier molecular flexibility index (Phi) is 6.52. The van der Waals surface area contributed by atoms with E-state index in [9.17, 15) is 23.4 Å². The minimum Gasteiger partial charge on any atom is -0.388 e. The molecule has 5 atom stereocenters. The molecule has 0 amide bonds. The Morgan fingerprint density at radius 2 is 1.73 bits per heavy atom. The van der Waals surface area contributed by atoms with Crippen LogP contribution in [0, 0.1) is 31.3 Å². The number of ether oxygens (including phenoxy) is 1. The van der Waals surface area contributed by atoms with E-state index in [1.165, 1.54) is 15.6 Å². The molecule has 0 spiro atoms. The summed E-state index contributed by atoms with van der Waals surface area (Å²) in [6, 6.07) is 5.77. The molecule has 5 rings (SSSR count).